The maximum Gasteiger partial charge on any atom is 0.223 e. The Labute approximate surface area is 107 Å². The van der Waals surface area contributed by atoms with Gasteiger partial charge in [0.05, 0.1) is 0 Å². The van der Waals surface area contributed by atoms with Crippen LogP contribution in [0, 0.1) is 0 Å². The Kier molecular flexibility index (Phi) is 4.19. The van der Waals surface area contributed by atoms with Gasteiger partial charge in [0.1, 0.15) is 11.6 Å². The van der Waals surface area contributed by atoms with Gasteiger partial charge in [0, 0.05) is 32.3 Å². The zero-order valence-corrected chi connectivity index (χ0v) is 10.8. The molecule has 2 heterocycles. The molecule has 6 heteroatoms. The summed E-state index contributed by atoms with van der Waals surface area (Å²) < 4.78 is 0. The van der Waals surface area contributed by atoms with Gasteiger partial charge in [0.25, 0.3) is 0 Å². The van der Waals surface area contributed by atoms with E-state index in [0.717, 1.165) is 37.4 Å². The topological polar surface area (TPSA) is 87.3 Å². The molecule has 0 aromatic carbocycles. The molecule has 1 saturated heterocycles. The van der Waals surface area contributed by atoms with Crippen LogP contribution in [0.4, 0.5) is 17.6 Å². The van der Waals surface area contributed by atoms with Gasteiger partial charge < -0.3 is 21.1 Å². The summed E-state index contributed by atoms with van der Waals surface area (Å²) >= 11 is 0. The molecule has 1 fully saturated rings. The Morgan fingerprint density at radius 1 is 1.50 bits per heavy atom. The molecular weight excluding hydrogens is 230 g/mol. The van der Waals surface area contributed by atoms with Gasteiger partial charge in [-0.3, -0.25) is 0 Å². The van der Waals surface area contributed by atoms with E-state index in [1.165, 1.54) is 6.42 Å². The molecule has 0 amide bonds. The van der Waals surface area contributed by atoms with Crippen LogP contribution in [-0.2, 0) is 0 Å². The van der Waals surface area contributed by atoms with Crippen molar-refractivity contribution < 1.29 is 5.11 Å². The largest absolute Gasteiger partial charge is 0.396 e. The highest BCUT2D eigenvalue weighted by atomic mass is 16.3. The van der Waals surface area contributed by atoms with Crippen molar-refractivity contribution in [2.75, 3.05) is 36.1 Å². The van der Waals surface area contributed by atoms with Crippen LogP contribution in [0.5, 0.6) is 0 Å². The number of aromatic nitrogens is 2. The lowest BCUT2D eigenvalue weighted by molar-refractivity contribution is 0.262. The zero-order chi connectivity index (χ0) is 13.0. The van der Waals surface area contributed by atoms with Gasteiger partial charge in [-0.05, 0) is 25.7 Å². The quantitative estimate of drug-likeness (QED) is 0.735. The highest BCUT2D eigenvalue weighted by Crippen LogP contribution is 2.26. The molecule has 18 heavy (non-hydrogen) atoms. The van der Waals surface area contributed by atoms with Gasteiger partial charge in [-0.1, -0.05) is 0 Å². The van der Waals surface area contributed by atoms with E-state index in [1.54, 1.807) is 0 Å². The smallest absolute Gasteiger partial charge is 0.223 e. The van der Waals surface area contributed by atoms with Crippen molar-refractivity contribution in [2.45, 2.75) is 31.7 Å². The molecule has 4 N–H and O–H groups in total. The molecule has 0 bridgehead atoms. The van der Waals surface area contributed by atoms with Crippen LogP contribution in [0.3, 0.4) is 0 Å². The number of aliphatic hydroxyl groups is 1. The lowest BCUT2D eigenvalue weighted by Crippen LogP contribution is -2.40. The van der Waals surface area contributed by atoms with Crippen molar-refractivity contribution in [3.8, 4) is 0 Å². The Bertz CT molecular complexity index is 396. The minimum Gasteiger partial charge on any atom is -0.396 e. The van der Waals surface area contributed by atoms with Crippen molar-refractivity contribution in [1.29, 1.82) is 0 Å². The molecule has 1 aliphatic rings. The monoisotopic (exact) mass is 251 g/mol. The maximum atomic E-state index is 9.14. The van der Waals surface area contributed by atoms with E-state index in [-0.39, 0.29) is 12.6 Å². The van der Waals surface area contributed by atoms with E-state index >= 15 is 0 Å². The van der Waals surface area contributed by atoms with Gasteiger partial charge in [0.2, 0.25) is 5.95 Å². The first-order valence-corrected chi connectivity index (χ1v) is 6.44. The predicted molar refractivity (Wildman–Crippen MR) is 72.7 cm³/mol. The predicted octanol–water partition coefficient (Wildman–Crippen LogP) is 0.842. The summed E-state index contributed by atoms with van der Waals surface area (Å²) in [4.78, 5) is 10.6. The van der Waals surface area contributed by atoms with E-state index in [4.69, 9.17) is 10.8 Å². The van der Waals surface area contributed by atoms with Crippen LogP contribution in [0.25, 0.3) is 0 Å². The third-order valence-electron chi connectivity index (χ3n) is 3.37. The minimum atomic E-state index is 0.209. The fourth-order valence-electron chi connectivity index (χ4n) is 2.48. The molecule has 1 atom stereocenters. The molecular formula is C12H21N5O. The molecule has 1 aromatic rings. The lowest BCUT2D eigenvalue weighted by atomic mass is 10.00. The number of nitrogens with one attached hydrogen (secondary N) is 1. The second-order valence-electron chi connectivity index (χ2n) is 4.57. The molecule has 0 radical (unpaired) electrons. The van der Waals surface area contributed by atoms with Crippen LogP contribution >= 0.6 is 0 Å². The average molecular weight is 251 g/mol. The second-order valence-corrected chi connectivity index (χ2v) is 4.57. The van der Waals surface area contributed by atoms with E-state index < -0.39 is 0 Å². The van der Waals surface area contributed by atoms with Crippen molar-refractivity contribution in [3.63, 3.8) is 0 Å². The molecule has 0 saturated carbocycles. The Morgan fingerprint density at radius 3 is 3.06 bits per heavy atom. The zero-order valence-electron chi connectivity index (χ0n) is 10.8. The lowest BCUT2D eigenvalue weighted by Gasteiger charge is -2.36. The highest BCUT2D eigenvalue weighted by molar-refractivity contribution is 5.53. The summed E-state index contributed by atoms with van der Waals surface area (Å²) in [7, 11) is 1.81. The number of hydrogen-bond donors (Lipinski definition) is 3. The van der Waals surface area contributed by atoms with Crippen molar-refractivity contribution in [3.05, 3.63) is 6.07 Å². The summed E-state index contributed by atoms with van der Waals surface area (Å²) in [6.45, 7) is 1.17. The fraction of sp³-hybridized carbons (Fsp3) is 0.667. The Morgan fingerprint density at radius 2 is 2.33 bits per heavy atom. The van der Waals surface area contributed by atoms with Gasteiger partial charge in [-0.25, -0.2) is 0 Å². The molecule has 0 aliphatic carbocycles. The molecule has 1 aliphatic heterocycles. The van der Waals surface area contributed by atoms with E-state index in [9.17, 15) is 0 Å². The number of nitrogen functional groups attached to an aromatic ring is 1. The van der Waals surface area contributed by atoms with Crippen molar-refractivity contribution >= 4 is 17.6 Å². The molecule has 1 aromatic heterocycles. The number of rotatable bonds is 4. The van der Waals surface area contributed by atoms with E-state index in [1.807, 2.05) is 13.1 Å². The SMILES string of the molecule is CNc1cc(N2CCCCC2CCO)nc(N)n1. The van der Waals surface area contributed by atoms with Gasteiger partial charge in [-0.2, -0.15) is 9.97 Å². The second kappa shape index (κ2) is 5.86. The Hall–Kier alpha value is -1.56. The van der Waals surface area contributed by atoms with Crippen molar-refractivity contribution in [2.24, 2.45) is 0 Å². The Balaban J connectivity index is 2.24. The number of anilines is 3. The molecule has 6 nitrogen and oxygen atoms in total. The van der Waals surface area contributed by atoms with Gasteiger partial charge >= 0.3 is 0 Å². The summed E-state index contributed by atoms with van der Waals surface area (Å²) in [6, 6.07) is 2.26. The van der Waals surface area contributed by atoms with Gasteiger partial charge in [0.15, 0.2) is 0 Å². The van der Waals surface area contributed by atoms with Crippen LogP contribution in [0.2, 0.25) is 0 Å². The first-order chi connectivity index (χ1) is 8.74. The number of hydrogen-bond acceptors (Lipinski definition) is 6. The van der Waals surface area contributed by atoms with Crippen LogP contribution in [0.15, 0.2) is 6.07 Å². The third kappa shape index (κ3) is 2.81. The average Bonchev–Trinajstić information content (AvgIpc) is 2.39. The molecule has 1 unspecified atom stereocenters. The molecule has 100 valence electrons. The minimum absolute atomic E-state index is 0.209. The summed E-state index contributed by atoms with van der Waals surface area (Å²) in [5.74, 6) is 1.86. The van der Waals surface area contributed by atoms with Crippen LogP contribution in [-0.4, -0.2) is 41.3 Å². The molecule has 0 spiro atoms. The first-order valence-electron chi connectivity index (χ1n) is 6.44. The number of nitrogens with zero attached hydrogens (tertiary/aromatic N) is 3. The highest BCUT2D eigenvalue weighted by Gasteiger charge is 2.23. The normalized spacial score (nSPS) is 19.9. The summed E-state index contributed by atoms with van der Waals surface area (Å²) in [6.07, 6.45) is 4.24. The number of nitrogens with two attached hydrogens (primary N) is 1. The summed E-state index contributed by atoms with van der Waals surface area (Å²) in [5, 5.41) is 12.1. The standard InChI is InChI=1S/C12H21N5O/c1-14-10-8-11(16-12(13)15-10)17-6-3-2-4-9(17)5-7-18/h8-9,18H,2-7H2,1H3,(H3,13,14,15,16). The van der Waals surface area contributed by atoms with Crippen molar-refractivity contribution in [1.82, 2.24) is 9.97 Å². The summed E-state index contributed by atoms with van der Waals surface area (Å²) in [5.41, 5.74) is 5.72. The van der Waals surface area contributed by atoms with Gasteiger partial charge in [-0.15, -0.1) is 0 Å². The fourth-order valence-corrected chi connectivity index (χ4v) is 2.48. The van der Waals surface area contributed by atoms with E-state index in [0.29, 0.717) is 6.04 Å². The van der Waals surface area contributed by atoms with Crippen LogP contribution in [0.1, 0.15) is 25.7 Å². The van der Waals surface area contributed by atoms with E-state index in [2.05, 4.69) is 20.2 Å². The number of aliphatic hydroxyl groups excluding tert-OH is 1. The maximum absolute atomic E-state index is 9.14. The third-order valence-corrected chi connectivity index (χ3v) is 3.37. The first kappa shape index (κ1) is 12.9. The van der Waals surface area contributed by atoms with Crippen LogP contribution < -0.4 is 16.0 Å². The number of piperidine rings is 1. The molecule has 2 rings (SSSR count).